The van der Waals surface area contributed by atoms with Crippen LogP contribution < -0.4 is 15.5 Å². The maximum Gasteiger partial charge on any atom is 0.319 e. The highest BCUT2D eigenvalue weighted by Gasteiger charge is 2.46. The Kier molecular flexibility index (Phi) is 4.71. The smallest absolute Gasteiger partial charge is 0.319 e. The fourth-order valence-corrected chi connectivity index (χ4v) is 3.99. The van der Waals surface area contributed by atoms with Crippen molar-refractivity contribution in [3.05, 3.63) is 18.2 Å². The predicted octanol–water partition coefficient (Wildman–Crippen LogP) is 3.13. The number of morpholine rings is 1. The van der Waals surface area contributed by atoms with Crippen molar-refractivity contribution in [2.45, 2.75) is 51.4 Å². The molecule has 8 nitrogen and oxygen atoms in total. The van der Waals surface area contributed by atoms with E-state index in [9.17, 15) is 4.79 Å². The molecule has 0 aliphatic carbocycles. The Hall–Kier alpha value is -2.32. The highest BCUT2D eigenvalue weighted by Crippen LogP contribution is 2.37. The van der Waals surface area contributed by atoms with E-state index in [1.807, 2.05) is 39.8 Å². The van der Waals surface area contributed by atoms with Gasteiger partial charge in [0, 0.05) is 24.8 Å². The Balaban J connectivity index is 1.43. The number of ether oxygens (including phenoxy) is 2. The summed E-state index contributed by atoms with van der Waals surface area (Å²) >= 11 is 0. The second-order valence-corrected chi connectivity index (χ2v) is 8.60. The molecule has 0 radical (unpaired) electrons. The predicted molar refractivity (Wildman–Crippen MR) is 107 cm³/mol. The van der Waals surface area contributed by atoms with Crippen molar-refractivity contribution in [2.75, 3.05) is 36.5 Å². The van der Waals surface area contributed by atoms with Crippen molar-refractivity contribution in [3.8, 4) is 0 Å². The minimum absolute atomic E-state index is 0.0653. The second kappa shape index (κ2) is 6.93. The number of fused-ring (bicyclic) bond motifs is 1. The molecule has 152 valence electrons. The normalized spacial score (nSPS) is 23.7. The van der Waals surface area contributed by atoms with Crippen molar-refractivity contribution < 1.29 is 18.7 Å². The number of anilines is 2. The second-order valence-electron chi connectivity index (χ2n) is 8.60. The fourth-order valence-electron chi connectivity index (χ4n) is 3.99. The molecule has 0 bridgehead atoms. The third kappa shape index (κ3) is 3.93. The molecule has 2 fully saturated rings. The summed E-state index contributed by atoms with van der Waals surface area (Å²) in [6.07, 6.45) is 0.761. The molecule has 8 heteroatoms. The van der Waals surface area contributed by atoms with E-state index >= 15 is 0 Å². The van der Waals surface area contributed by atoms with Crippen LogP contribution in [0.4, 0.5) is 16.5 Å². The molecule has 2 aliphatic rings. The first-order valence-corrected chi connectivity index (χ1v) is 9.73. The SMILES string of the molecule is CC1(C)CC(NC(=O)Nc2ccc3nc(N4CCOCC4)oc3c2)C(C)(C)O1. The molecular weight excluding hydrogens is 360 g/mol. The number of carbonyl (C=O) groups excluding carboxylic acids is 1. The van der Waals surface area contributed by atoms with Crippen LogP contribution in [0.25, 0.3) is 11.1 Å². The van der Waals surface area contributed by atoms with Crippen LogP contribution >= 0.6 is 0 Å². The fraction of sp³-hybridized carbons (Fsp3) is 0.600. The number of oxazole rings is 1. The number of nitrogens with one attached hydrogen (secondary N) is 2. The molecule has 28 heavy (non-hydrogen) atoms. The molecule has 0 spiro atoms. The van der Waals surface area contributed by atoms with Crippen molar-refractivity contribution in [1.29, 1.82) is 0 Å². The van der Waals surface area contributed by atoms with Crippen LogP contribution in [0.3, 0.4) is 0 Å². The zero-order chi connectivity index (χ0) is 19.9. The number of rotatable bonds is 3. The summed E-state index contributed by atoms with van der Waals surface area (Å²) in [6.45, 7) is 10.9. The van der Waals surface area contributed by atoms with Crippen LogP contribution in [0, 0.1) is 0 Å². The van der Waals surface area contributed by atoms with Crippen LogP contribution in [0.2, 0.25) is 0 Å². The minimum Gasteiger partial charge on any atom is -0.423 e. The number of aromatic nitrogens is 1. The summed E-state index contributed by atoms with van der Waals surface area (Å²) < 4.78 is 17.3. The molecule has 4 rings (SSSR count). The van der Waals surface area contributed by atoms with E-state index in [1.54, 1.807) is 6.07 Å². The minimum atomic E-state index is -0.414. The molecule has 1 aromatic carbocycles. The molecule has 3 heterocycles. The molecule has 2 aromatic rings. The number of hydrogen-bond acceptors (Lipinski definition) is 6. The van der Waals surface area contributed by atoms with Gasteiger partial charge in [0.2, 0.25) is 0 Å². The molecule has 1 unspecified atom stereocenters. The lowest BCUT2D eigenvalue weighted by Gasteiger charge is -2.27. The van der Waals surface area contributed by atoms with Gasteiger partial charge in [-0.1, -0.05) is 0 Å². The third-order valence-corrected chi connectivity index (χ3v) is 5.30. The van der Waals surface area contributed by atoms with Gasteiger partial charge in [-0.05, 0) is 46.2 Å². The highest BCUT2D eigenvalue weighted by atomic mass is 16.5. The lowest BCUT2D eigenvalue weighted by Crippen LogP contribution is -2.47. The summed E-state index contributed by atoms with van der Waals surface area (Å²) in [5.74, 6) is 0. The van der Waals surface area contributed by atoms with Gasteiger partial charge in [-0.15, -0.1) is 0 Å². The lowest BCUT2D eigenvalue weighted by molar-refractivity contribution is -0.0689. The summed E-state index contributed by atoms with van der Waals surface area (Å²) in [5, 5.41) is 5.92. The van der Waals surface area contributed by atoms with Gasteiger partial charge in [-0.3, -0.25) is 0 Å². The van der Waals surface area contributed by atoms with Gasteiger partial charge >= 0.3 is 6.03 Å². The topological polar surface area (TPSA) is 88.9 Å². The van der Waals surface area contributed by atoms with E-state index in [-0.39, 0.29) is 17.7 Å². The summed E-state index contributed by atoms with van der Waals surface area (Å²) in [7, 11) is 0. The molecular formula is C20H28N4O4. The highest BCUT2D eigenvalue weighted by molar-refractivity contribution is 5.92. The monoisotopic (exact) mass is 388 g/mol. The van der Waals surface area contributed by atoms with Crippen LogP contribution in [-0.4, -0.2) is 54.6 Å². The molecule has 0 saturated carbocycles. The Labute approximate surface area is 164 Å². The van der Waals surface area contributed by atoms with Gasteiger partial charge in [0.05, 0.1) is 30.5 Å². The summed E-state index contributed by atoms with van der Waals surface area (Å²) in [6, 6.07) is 5.74. The van der Waals surface area contributed by atoms with Gasteiger partial charge in [0.1, 0.15) is 5.52 Å². The third-order valence-electron chi connectivity index (χ3n) is 5.30. The van der Waals surface area contributed by atoms with Gasteiger partial charge < -0.3 is 29.4 Å². The van der Waals surface area contributed by atoms with Gasteiger partial charge in [0.25, 0.3) is 6.01 Å². The molecule has 2 aliphatic heterocycles. The Morgan fingerprint density at radius 2 is 1.96 bits per heavy atom. The zero-order valence-electron chi connectivity index (χ0n) is 16.9. The van der Waals surface area contributed by atoms with E-state index < -0.39 is 5.60 Å². The van der Waals surface area contributed by atoms with Crippen LogP contribution in [0.15, 0.2) is 22.6 Å². The number of urea groups is 1. The first-order chi connectivity index (χ1) is 13.2. The largest absolute Gasteiger partial charge is 0.423 e. The maximum atomic E-state index is 12.5. The van der Waals surface area contributed by atoms with Crippen molar-refractivity contribution in [3.63, 3.8) is 0 Å². The number of benzene rings is 1. The lowest BCUT2D eigenvalue weighted by atomic mass is 9.95. The summed E-state index contributed by atoms with van der Waals surface area (Å²) in [4.78, 5) is 19.1. The maximum absolute atomic E-state index is 12.5. The van der Waals surface area contributed by atoms with E-state index in [2.05, 4.69) is 20.5 Å². The van der Waals surface area contributed by atoms with E-state index in [0.717, 1.165) is 25.0 Å². The first-order valence-electron chi connectivity index (χ1n) is 9.73. The standard InChI is InChI=1S/C20H28N4O4/c1-19(2)12-16(20(3,4)28-19)23-17(25)21-13-5-6-14-15(11-13)27-18(22-14)24-7-9-26-10-8-24/h5-6,11,16H,7-10,12H2,1-4H3,(H2,21,23,25). The van der Waals surface area contributed by atoms with Crippen LogP contribution in [0.1, 0.15) is 34.1 Å². The van der Waals surface area contributed by atoms with E-state index in [0.29, 0.717) is 30.5 Å². The average molecular weight is 388 g/mol. The van der Waals surface area contributed by atoms with Gasteiger partial charge in [0.15, 0.2) is 5.58 Å². The van der Waals surface area contributed by atoms with Crippen molar-refractivity contribution in [2.24, 2.45) is 0 Å². The van der Waals surface area contributed by atoms with E-state index in [1.165, 1.54) is 0 Å². The Morgan fingerprint density at radius 1 is 1.21 bits per heavy atom. The zero-order valence-corrected chi connectivity index (χ0v) is 16.9. The number of hydrogen-bond donors (Lipinski definition) is 2. The average Bonchev–Trinajstić information content (AvgIpc) is 3.12. The van der Waals surface area contributed by atoms with Gasteiger partial charge in [-0.25, -0.2) is 4.79 Å². The number of nitrogens with zero attached hydrogens (tertiary/aromatic N) is 2. The number of amides is 2. The first kappa shape index (κ1) is 19.0. The molecule has 2 saturated heterocycles. The summed E-state index contributed by atoms with van der Waals surface area (Å²) in [5.41, 5.74) is 1.40. The molecule has 1 aromatic heterocycles. The molecule has 1 atom stereocenters. The van der Waals surface area contributed by atoms with Gasteiger partial charge in [-0.2, -0.15) is 4.98 Å². The number of carbonyl (C=O) groups is 1. The Bertz CT molecular complexity index is 870. The van der Waals surface area contributed by atoms with Crippen LogP contribution in [-0.2, 0) is 9.47 Å². The molecule has 2 amide bonds. The van der Waals surface area contributed by atoms with Crippen LogP contribution in [0.5, 0.6) is 0 Å². The van der Waals surface area contributed by atoms with Crippen molar-refractivity contribution in [1.82, 2.24) is 10.3 Å². The Morgan fingerprint density at radius 3 is 2.64 bits per heavy atom. The van der Waals surface area contributed by atoms with Crippen molar-refractivity contribution >= 4 is 28.8 Å². The quantitative estimate of drug-likeness (QED) is 0.840. The molecule has 2 N–H and O–H groups in total. The van der Waals surface area contributed by atoms with E-state index in [4.69, 9.17) is 13.9 Å².